The quantitative estimate of drug-likeness (QED) is 0.613. The highest BCUT2D eigenvalue weighted by atomic mass is 32.2. The summed E-state index contributed by atoms with van der Waals surface area (Å²) in [5.74, 6) is -0.914. The monoisotopic (exact) mass is 208 g/mol. The van der Waals surface area contributed by atoms with Crippen molar-refractivity contribution in [2.24, 2.45) is 0 Å². The third kappa shape index (κ3) is 3.26. The van der Waals surface area contributed by atoms with E-state index in [1.807, 2.05) is 32.0 Å². The molecule has 1 N–H and O–H groups in total. The molecule has 2 nitrogen and oxygen atoms in total. The van der Waals surface area contributed by atoms with E-state index in [0.717, 1.165) is 16.5 Å². The Hall–Kier alpha value is -1.22. The summed E-state index contributed by atoms with van der Waals surface area (Å²) in [5, 5.41) is 10.0. The first-order valence-electron chi connectivity index (χ1n) is 4.23. The van der Waals surface area contributed by atoms with E-state index in [4.69, 9.17) is 5.11 Å². The van der Waals surface area contributed by atoms with Gasteiger partial charge in [0.1, 0.15) is 0 Å². The number of thioether (sulfide) groups is 1. The molecular weight excluding hydrogens is 196 g/mol. The highest BCUT2D eigenvalue weighted by Crippen LogP contribution is 2.24. The van der Waals surface area contributed by atoms with E-state index in [9.17, 15) is 4.79 Å². The van der Waals surface area contributed by atoms with Crippen LogP contribution in [0.2, 0.25) is 0 Å². The molecule has 3 heteroatoms. The number of hydrogen-bond donors (Lipinski definition) is 1. The molecule has 1 rings (SSSR count). The molecule has 0 unspecified atom stereocenters. The SMILES string of the molecule is Cc1ccc(C)c(S/C=C/C(=O)O)c1. The third-order valence-electron chi connectivity index (χ3n) is 1.75. The summed E-state index contributed by atoms with van der Waals surface area (Å²) in [6, 6.07) is 6.12. The molecule has 0 radical (unpaired) electrons. The van der Waals surface area contributed by atoms with Crippen LogP contribution in [0.25, 0.3) is 0 Å². The van der Waals surface area contributed by atoms with Crippen molar-refractivity contribution in [2.75, 3.05) is 0 Å². The summed E-state index contributed by atoms with van der Waals surface area (Å²) < 4.78 is 0. The zero-order chi connectivity index (χ0) is 10.6. The maximum absolute atomic E-state index is 10.2. The Bertz CT molecular complexity index is 370. The molecule has 0 atom stereocenters. The van der Waals surface area contributed by atoms with Crippen molar-refractivity contribution in [1.29, 1.82) is 0 Å². The number of aryl methyl sites for hydroxylation is 2. The minimum atomic E-state index is -0.914. The number of benzene rings is 1. The molecule has 0 heterocycles. The molecule has 14 heavy (non-hydrogen) atoms. The van der Waals surface area contributed by atoms with Gasteiger partial charge in [0, 0.05) is 11.0 Å². The average Bonchev–Trinajstić information content (AvgIpc) is 2.10. The molecule has 1 aromatic carbocycles. The summed E-state index contributed by atoms with van der Waals surface area (Å²) in [6.45, 7) is 4.03. The first-order valence-corrected chi connectivity index (χ1v) is 5.11. The first-order chi connectivity index (χ1) is 6.59. The lowest BCUT2D eigenvalue weighted by atomic mass is 10.2. The predicted octanol–water partition coefficient (Wildman–Crippen LogP) is 2.99. The summed E-state index contributed by atoms with van der Waals surface area (Å²) >= 11 is 1.43. The van der Waals surface area contributed by atoms with E-state index in [1.54, 1.807) is 5.41 Å². The molecule has 0 aliphatic rings. The van der Waals surface area contributed by atoms with Crippen molar-refractivity contribution in [1.82, 2.24) is 0 Å². The van der Waals surface area contributed by atoms with Crippen LogP contribution in [0.4, 0.5) is 0 Å². The molecule has 0 aliphatic heterocycles. The van der Waals surface area contributed by atoms with Crippen LogP contribution >= 0.6 is 11.8 Å². The van der Waals surface area contributed by atoms with E-state index in [2.05, 4.69) is 0 Å². The van der Waals surface area contributed by atoms with Crippen LogP contribution in [-0.2, 0) is 4.79 Å². The number of carboxylic acid groups (broad SMARTS) is 1. The lowest BCUT2D eigenvalue weighted by Gasteiger charge is -2.02. The molecule has 0 aliphatic carbocycles. The smallest absolute Gasteiger partial charge is 0.328 e. The van der Waals surface area contributed by atoms with Crippen LogP contribution in [0.5, 0.6) is 0 Å². The van der Waals surface area contributed by atoms with E-state index in [-0.39, 0.29) is 0 Å². The molecule has 0 amide bonds. The lowest BCUT2D eigenvalue weighted by Crippen LogP contribution is -1.85. The molecule has 0 fully saturated rings. The summed E-state index contributed by atoms with van der Waals surface area (Å²) in [5.41, 5.74) is 2.34. The number of aliphatic carboxylic acids is 1. The van der Waals surface area contributed by atoms with Crippen LogP contribution < -0.4 is 0 Å². The van der Waals surface area contributed by atoms with Crippen LogP contribution in [-0.4, -0.2) is 11.1 Å². The minimum Gasteiger partial charge on any atom is -0.478 e. The highest BCUT2D eigenvalue weighted by Gasteiger charge is 1.97. The van der Waals surface area contributed by atoms with Crippen LogP contribution in [0.3, 0.4) is 0 Å². The fourth-order valence-electron chi connectivity index (χ4n) is 1.000. The maximum atomic E-state index is 10.2. The van der Waals surface area contributed by atoms with Gasteiger partial charge in [-0.15, -0.1) is 0 Å². The number of carbonyl (C=O) groups is 1. The molecule has 74 valence electrons. The number of rotatable bonds is 3. The van der Waals surface area contributed by atoms with Crippen molar-refractivity contribution in [3.63, 3.8) is 0 Å². The van der Waals surface area contributed by atoms with Gasteiger partial charge in [-0.1, -0.05) is 23.9 Å². The highest BCUT2D eigenvalue weighted by molar-refractivity contribution is 8.02. The van der Waals surface area contributed by atoms with E-state index >= 15 is 0 Å². The molecule has 0 spiro atoms. The third-order valence-corrected chi connectivity index (χ3v) is 2.72. The van der Waals surface area contributed by atoms with Crippen molar-refractivity contribution in [3.05, 3.63) is 40.8 Å². The molecule has 0 saturated carbocycles. The Kier molecular flexibility index (Phi) is 3.77. The van der Waals surface area contributed by atoms with Crippen LogP contribution in [0, 0.1) is 13.8 Å². The number of carboxylic acids is 1. The van der Waals surface area contributed by atoms with Gasteiger partial charge in [0.05, 0.1) is 0 Å². The molecular formula is C11H12O2S. The molecule has 0 bridgehead atoms. The standard InChI is InChI=1S/C11H12O2S/c1-8-3-4-9(2)10(7-8)14-6-5-11(12)13/h3-7H,1-2H3,(H,12,13)/b6-5+. The average molecular weight is 208 g/mol. The van der Waals surface area contributed by atoms with Crippen LogP contribution in [0.15, 0.2) is 34.6 Å². The van der Waals surface area contributed by atoms with Crippen molar-refractivity contribution < 1.29 is 9.90 Å². The van der Waals surface area contributed by atoms with Crippen molar-refractivity contribution in [3.8, 4) is 0 Å². The van der Waals surface area contributed by atoms with Gasteiger partial charge in [-0.25, -0.2) is 4.79 Å². The van der Waals surface area contributed by atoms with Crippen molar-refractivity contribution >= 4 is 17.7 Å². The first kappa shape index (κ1) is 10.9. The summed E-state index contributed by atoms with van der Waals surface area (Å²) in [6.07, 6.45) is 1.15. The molecule has 0 saturated heterocycles. The summed E-state index contributed by atoms with van der Waals surface area (Å²) in [4.78, 5) is 11.3. The zero-order valence-corrected chi connectivity index (χ0v) is 8.97. The Morgan fingerprint density at radius 3 is 2.79 bits per heavy atom. The fraction of sp³-hybridized carbons (Fsp3) is 0.182. The van der Waals surface area contributed by atoms with Gasteiger partial charge in [-0.05, 0) is 36.4 Å². The van der Waals surface area contributed by atoms with Gasteiger partial charge in [0.25, 0.3) is 0 Å². The second-order valence-corrected chi connectivity index (χ2v) is 3.98. The van der Waals surface area contributed by atoms with Gasteiger partial charge in [0.15, 0.2) is 0 Å². The zero-order valence-electron chi connectivity index (χ0n) is 8.15. The maximum Gasteiger partial charge on any atom is 0.328 e. The van der Waals surface area contributed by atoms with Gasteiger partial charge in [-0.3, -0.25) is 0 Å². The Labute approximate surface area is 87.6 Å². The Balaban J connectivity index is 2.76. The fourth-order valence-corrected chi connectivity index (χ4v) is 1.84. The van der Waals surface area contributed by atoms with Crippen molar-refractivity contribution in [2.45, 2.75) is 18.7 Å². The van der Waals surface area contributed by atoms with Gasteiger partial charge < -0.3 is 5.11 Å². The number of hydrogen-bond acceptors (Lipinski definition) is 2. The predicted molar refractivity (Wildman–Crippen MR) is 58.5 cm³/mol. The second kappa shape index (κ2) is 4.86. The van der Waals surface area contributed by atoms with Gasteiger partial charge in [0.2, 0.25) is 0 Å². The summed E-state index contributed by atoms with van der Waals surface area (Å²) in [7, 11) is 0. The van der Waals surface area contributed by atoms with E-state index < -0.39 is 5.97 Å². The largest absolute Gasteiger partial charge is 0.478 e. The molecule has 0 aromatic heterocycles. The normalized spacial score (nSPS) is 10.7. The van der Waals surface area contributed by atoms with E-state index in [1.165, 1.54) is 17.3 Å². The lowest BCUT2D eigenvalue weighted by molar-refractivity contribution is -0.131. The topological polar surface area (TPSA) is 37.3 Å². The van der Waals surface area contributed by atoms with E-state index in [0.29, 0.717) is 0 Å². The minimum absolute atomic E-state index is 0.914. The molecule has 1 aromatic rings. The van der Waals surface area contributed by atoms with Crippen LogP contribution in [0.1, 0.15) is 11.1 Å². The van der Waals surface area contributed by atoms with Gasteiger partial charge >= 0.3 is 5.97 Å². The second-order valence-electron chi connectivity index (χ2n) is 3.03. The Morgan fingerprint density at radius 2 is 2.14 bits per heavy atom. The van der Waals surface area contributed by atoms with Gasteiger partial charge in [-0.2, -0.15) is 0 Å². The Morgan fingerprint density at radius 1 is 1.43 bits per heavy atom.